The first-order valence-corrected chi connectivity index (χ1v) is 5.93. The Hall–Kier alpha value is -0.560. The van der Waals surface area contributed by atoms with Crippen LogP contribution >= 0.6 is 15.9 Å². The van der Waals surface area contributed by atoms with E-state index in [4.69, 9.17) is 9.47 Å². The zero-order chi connectivity index (χ0) is 12.4. The van der Waals surface area contributed by atoms with Crippen molar-refractivity contribution in [3.63, 3.8) is 0 Å². The van der Waals surface area contributed by atoms with E-state index in [2.05, 4.69) is 15.9 Å². The molecule has 94 valence electrons. The topological polar surface area (TPSA) is 38.7 Å². The molecule has 0 bridgehead atoms. The van der Waals surface area contributed by atoms with Gasteiger partial charge in [0, 0.05) is 6.42 Å². The van der Waals surface area contributed by atoms with Crippen LogP contribution in [-0.4, -0.2) is 24.6 Å². The van der Waals surface area contributed by atoms with Gasteiger partial charge in [-0.15, -0.1) is 0 Å². The smallest absolute Gasteiger partial charge is 0.160 e. The lowest BCUT2D eigenvalue weighted by molar-refractivity contribution is -0.0716. The van der Waals surface area contributed by atoms with Crippen molar-refractivity contribution in [3.05, 3.63) is 33.8 Å². The molecule has 6 heteroatoms. The second-order valence-corrected chi connectivity index (χ2v) is 4.53. The standard InChI is InChI=1S/C11H11BrF2O3/c12-6-1-2-7(13)10(11(6)14)8(15)5-9-16-3-4-17-9/h1-2,8-9,15H,3-5H2. The minimum atomic E-state index is -1.30. The van der Waals surface area contributed by atoms with Crippen LogP contribution in [0.4, 0.5) is 8.78 Å². The monoisotopic (exact) mass is 308 g/mol. The quantitative estimate of drug-likeness (QED) is 0.872. The van der Waals surface area contributed by atoms with Gasteiger partial charge in [0.2, 0.25) is 0 Å². The first-order chi connectivity index (χ1) is 8.09. The average Bonchev–Trinajstić information content (AvgIpc) is 2.77. The predicted molar refractivity (Wildman–Crippen MR) is 59.3 cm³/mol. The lowest BCUT2D eigenvalue weighted by Gasteiger charge is -2.16. The van der Waals surface area contributed by atoms with Crippen molar-refractivity contribution < 1.29 is 23.4 Å². The third kappa shape index (κ3) is 2.82. The van der Waals surface area contributed by atoms with Crippen molar-refractivity contribution in [1.29, 1.82) is 0 Å². The van der Waals surface area contributed by atoms with Crippen LogP contribution < -0.4 is 0 Å². The highest BCUT2D eigenvalue weighted by molar-refractivity contribution is 9.10. The van der Waals surface area contributed by atoms with E-state index in [1.54, 1.807) is 0 Å². The number of aliphatic hydroxyl groups is 1. The molecule has 1 aromatic rings. The summed E-state index contributed by atoms with van der Waals surface area (Å²) in [6.45, 7) is 0.863. The maximum Gasteiger partial charge on any atom is 0.160 e. The highest BCUT2D eigenvalue weighted by Crippen LogP contribution is 2.30. The summed E-state index contributed by atoms with van der Waals surface area (Å²) in [5.74, 6) is -1.58. The summed E-state index contributed by atoms with van der Waals surface area (Å²) in [6.07, 6.45) is -1.90. The van der Waals surface area contributed by atoms with Gasteiger partial charge in [0.15, 0.2) is 6.29 Å². The van der Waals surface area contributed by atoms with Crippen molar-refractivity contribution >= 4 is 15.9 Å². The Balaban J connectivity index is 2.17. The number of halogens is 3. The molecule has 1 aliphatic heterocycles. The molecule has 0 amide bonds. The summed E-state index contributed by atoms with van der Waals surface area (Å²) >= 11 is 2.95. The molecular formula is C11H11BrF2O3. The molecule has 0 aliphatic carbocycles. The van der Waals surface area contributed by atoms with Crippen LogP contribution in [0.15, 0.2) is 16.6 Å². The van der Waals surface area contributed by atoms with Crippen LogP contribution in [0.5, 0.6) is 0 Å². The van der Waals surface area contributed by atoms with Crippen LogP contribution in [-0.2, 0) is 9.47 Å². The van der Waals surface area contributed by atoms with Gasteiger partial charge in [0.25, 0.3) is 0 Å². The van der Waals surface area contributed by atoms with Gasteiger partial charge < -0.3 is 14.6 Å². The van der Waals surface area contributed by atoms with Crippen LogP contribution in [0, 0.1) is 11.6 Å². The molecule has 1 unspecified atom stereocenters. The molecule has 1 fully saturated rings. The molecule has 1 saturated heterocycles. The molecule has 1 N–H and O–H groups in total. The summed E-state index contributed by atoms with van der Waals surface area (Å²) < 4.78 is 37.5. The van der Waals surface area contributed by atoms with Crippen molar-refractivity contribution in [1.82, 2.24) is 0 Å². The lowest BCUT2D eigenvalue weighted by Crippen LogP contribution is -2.15. The summed E-state index contributed by atoms with van der Waals surface area (Å²) in [6, 6.07) is 2.35. The van der Waals surface area contributed by atoms with Gasteiger partial charge in [-0.2, -0.15) is 0 Å². The zero-order valence-electron chi connectivity index (χ0n) is 8.83. The van der Waals surface area contributed by atoms with E-state index in [9.17, 15) is 13.9 Å². The van der Waals surface area contributed by atoms with Crippen molar-refractivity contribution in [2.45, 2.75) is 18.8 Å². The largest absolute Gasteiger partial charge is 0.388 e. The Bertz CT molecular complexity index is 408. The third-order valence-electron chi connectivity index (χ3n) is 2.52. The van der Waals surface area contributed by atoms with Gasteiger partial charge >= 0.3 is 0 Å². The second kappa shape index (κ2) is 5.39. The van der Waals surface area contributed by atoms with Gasteiger partial charge in [-0.05, 0) is 28.1 Å². The third-order valence-corrected chi connectivity index (χ3v) is 3.13. The Labute approximate surface area is 105 Å². The van der Waals surface area contributed by atoms with Crippen LogP contribution in [0.25, 0.3) is 0 Å². The molecule has 1 aromatic carbocycles. The van der Waals surface area contributed by atoms with Gasteiger partial charge in [0.1, 0.15) is 11.6 Å². The molecule has 1 heterocycles. The maximum absolute atomic E-state index is 13.7. The highest BCUT2D eigenvalue weighted by Gasteiger charge is 2.26. The van der Waals surface area contributed by atoms with E-state index in [-0.39, 0.29) is 16.5 Å². The fourth-order valence-corrected chi connectivity index (χ4v) is 2.04. The SMILES string of the molecule is OC(CC1OCCO1)c1c(F)ccc(Br)c1F. The molecule has 0 saturated carbocycles. The zero-order valence-corrected chi connectivity index (χ0v) is 10.4. The van der Waals surface area contributed by atoms with Crippen LogP contribution in [0.1, 0.15) is 18.1 Å². The second-order valence-electron chi connectivity index (χ2n) is 3.68. The van der Waals surface area contributed by atoms with E-state index in [1.165, 1.54) is 6.07 Å². The number of rotatable bonds is 3. The number of aliphatic hydroxyl groups excluding tert-OH is 1. The van der Waals surface area contributed by atoms with E-state index in [0.717, 1.165) is 6.07 Å². The normalized spacial score (nSPS) is 18.6. The number of hydrogen-bond acceptors (Lipinski definition) is 3. The summed E-state index contributed by atoms with van der Waals surface area (Å²) in [7, 11) is 0. The fourth-order valence-electron chi connectivity index (χ4n) is 1.69. The Morgan fingerprint density at radius 1 is 1.35 bits per heavy atom. The van der Waals surface area contributed by atoms with E-state index in [0.29, 0.717) is 13.2 Å². The first kappa shape index (κ1) is 12.9. The first-order valence-electron chi connectivity index (χ1n) is 5.14. The van der Waals surface area contributed by atoms with E-state index >= 15 is 0 Å². The summed E-state index contributed by atoms with van der Waals surface area (Å²) in [5, 5.41) is 9.81. The van der Waals surface area contributed by atoms with E-state index in [1.807, 2.05) is 0 Å². The van der Waals surface area contributed by atoms with E-state index < -0.39 is 24.0 Å². The predicted octanol–water partition coefficient (Wildman–Crippen LogP) is 2.52. The number of ether oxygens (including phenoxy) is 2. The number of hydrogen-bond donors (Lipinski definition) is 1. The molecule has 3 nitrogen and oxygen atoms in total. The summed E-state index contributed by atoms with van der Waals surface area (Å²) in [5.41, 5.74) is -0.363. The molecule has 1 atom stereocenters. The van der Waals surface area contributed by atoms with Gasteiger partial charge in [0.05, 0.1) is 29.4 Å². The highest BCUT2D eigenvalue weighted by atomic mass is 79.9. The Kier molecular flexibility index (Phi) is 4.09. The number of benzene rings is 1. The van der Waals surface area contributed by atoms with Crippen molar-refractivity contribution in [3.8, 4) is 0 Å². The Morgan fingerprint density at radius 2 is 2.00 bits per heavy atom. The molecule has 0 spiro atoms. The minimum absolute atomic E-state index is 0.00426. The molecule has 17 heavy (non-hydrogen) atoms. The molecule has 0 aromatic heterocycles. The lowest BCUT2D eigenvalue weighted by atomic mass is 10.1. The molecule has 2 rings (SSSR count). The minimum Gasteiger partial charge on any atom is -0.388 e. The summed E-state index contributed by atoms with van der Waals surface area (Å²) in [4.78, 5) is 0. The maximum atomic E-state index is 13.7. The Morgan fingerprint density at radius 3 is 2.65 bits per heavy atom. The molecular weight excluding hydrogens is 298 g/mol. The van der Waals surface area contributed by atoms with Crippen molar-refractivity contribution in [2.24, 2.45) is 0 Å². The van der Waals surface area contributed by atoms with Crippen molar-refractivity contribution in [2.75, 3.05) is 13.2 Å². The fraction of sp³-hybridized carbons (Fsp3) is 0.455. The average molecular weight is 309 g/mol. The van der Waals surface area contributed by atoms with Gasteiger partial charge in [-0.3, -0.25) is 0 Å². The van der Waals surface area contributed by atoms with Gasteiger partial charge in [-0.1, -0.05) is 0 Å². The van der Waals surface area contributed by atoms with Crippen LogP contribution in [0.3, 0.4) is 0 Å². The molecule has 1 aliphatic rings. The molecule has 0 radical (unpaired) electrons. The van der Waals surface area contributed by atoms with Crippen LogP contribution in [0.2, 0.25) is 0 Å². The van der Waals surface area contributed by atoms with Gasteiger partial charge in [-0.25, -0.2) is 8.78 Å².